The molecule has 6 heteroatoms. The van der Waals surface area contributed by atoms with Crippen molar-refractivity contribution in [1.29, 1.82) is 0 Å². The molecule has 0 saturated carbocycles. The van der Waals surface area contributed by atoms with E-state index in [1.54, 1.807) is 20.8 Å². The van der Waals surface area contributed by atoms with E-state index in [0.717, 1.165) is 10.1 Å². The maximum absolute atomic E-state index is 11.6. The molecule has 0 aromatic heterocycles. The summed E-state index contributed by atoms with van der Waals surface area (Å²) in [5, 5.41) is 2.15. The van der Waals surface area contributed by atoms with Gasteiger partial charge in [0.1, 0.15) is 0 Å². The van der Waals surface area contributed by atoms with E-state index in [1.165, 1.54) is 14.2 Å². The lowest BCUT2D eigenvalue weighted by Gasteiger charge is -2.47. The molecule has 0 spiro atoms. The van der Waals surface area contributed by atoms with E-state index >= 15 is 0 Å². The first kappa shape index (κ1) is 11.9. The van der Waals surface area contributed by atoms with Crippen molar-refractivity contribution in [2.24, 2.45) is 0 Å². The van der Waals surface area contributed by atoms with Crippen LogP contribution < -0.4 is 0 Å². The van der Waals surface area contributed by atoms with Gasteiger partial charge in [0.05, 0.1) is 25.8 Å². The van der Waals surface area contributed by atoms with Gasteiger partial charge in [-0.1, -0.05) is 0 Å². The van der Waals surface area contributed by atoms with Crippen LogP contribution in [0.25, 0.3) is 0 Å². The molecule has 6 nitrogen and oxygen atoms in total. The van der Waals surface area contributed by atoms with Crippen LogP contribution in [0.5, 0.6) is 0 Å². The minimum absolute atomic E-state index is 0.285. The molecule has 86 valence electrons. The van der Waals surface area contributed by atoms with E-state index in [0.29, 0.717) is 0 Å². The third-order valence-electron chi connectivity index (χ3n) is 2.84. The molecule has 1 saturated heterocycles. The summed E-state index contributed by atoms with van der Waals surface area (Å²) in [7, 11) is 2.72. The lowest BCUT2D eigenvalue weighted by Crippen LogP contribution is -2.68. The Kier molecular flexibility index (Phi) is 3.01. The number of hydrogen-bond donors (Lipinski definition) is 0. The van der Waals surface area contributed by atoms with Crippen LogP contribution >= 0.6 is 0 Å². The van der Waals surface area contributed by atoms with Gasteiger partial charge in [-0.2, -0.15) is 0 Å². The second-order valence-electron chi connectivity index (χ2n) is 3.93. The van der Waals surface area contributed by atoms with Crippen LogP contribution in [0.15, 0.2) is 0 Å². The summed E-state index contributed by atoms with van der Waals surface area (Å²) in [4.78, 5) is 33.0. The van der Waals surface area contributed by atoms with E-state index in [1.807, 2.05) is 0 Å². The zero-order chi connectivity index (χ0) is 11.8. The molecule has 0 aromatic carbocycles. The van der Waals surface area contributed by atoms with Gasteiger partial charge in [-0.15, -0.1) is 0 Å². The second kappa shape index (κ2) is 3.79. The summed E-state index contributed by atoms with van der Waals surface area (Å²) in [6.45, 7) is 5.40. The average molecular weight is 216 g/mol. The van der Waals surface area contributed by atoms with Gasteiger partial charge in [0.2, 0.25) is 0 Å². The Bertz CT molecular complexity index is 290. The number of piperazine rings is 1. The lowest BCUT2D eigenvalue weighted by molar-refractivity contribution is -0.262. The highest BCUT2D eigenvalue weighted by atomic mass is 16.7. The largest absolute Gasteiger partial charge is 0.338 e. The second-order valence-corrected chi connectivity index (χ2v) is 3.93. The van der Waals surface area contributed by atoms with Gasteiger partial charge in [0.25, 0.3) is 0 Å². The molecule has 0 bridgehead atoms. The van der Waals surface area contributed by atoms with Crippen molar-refractivity contribution < 1.29 is 19.3 Å². The van der Waals surface area contributed by atoms with Crippen LogP contribution in [0.1, 0.15) is 20.8 Å². The molecule has 0 unspecified atom stereocenters. The van der Waals surface area contributed by atoms with Gasteiger partial charge in [-0.3, -0.25) is 19.3 Å². The minimum Gasteiger partial charge on any atom is -0.274 e. The monoisotopic (exact) mass is 216 g/mol. The summed E-state index contributed by atoms with van der Waals surface area (Å²) in [6.07, 6.45) is 0. The Labute approximate surface area is 88.6 Å². The first-order valence-corrected chi connectivity index (χ1v) is 4.63. The minimum atomic E-state index is -0.720. The van der Waals surface area contributed by atoms with Crippen LogP contribution in [0.3, 0.4) is 0 Å². The van der Waals surface area contributed by atoms with Crippen molar-refractivity contribution in [3.05, 3.63) is 0 Å². The molecule has 0 aromatic rings. The Morgan fingerprint density at radius 2 is 1.67 bits per heavy atom. The normalized spacial score (nSPS) is 26.1. The molecule has 0 N–H and O–H groups in total. The summed E-state index contributed by atoms with van der Waals surface area (Å²) in [6, 6.07) is -0.285. The van der Waals surface area contributed by atoms with Crippen molar-refractivity contribution in [3.8, 4) is 0 Å². The predicted molar refractivity (Wildman–Crippen MR) is 51.3 cm³/mol. The van der Waals surface area contributed by atoms with Gasteiger partial charge in [0.15, 0.2) is 0 Å². The van der Waals surface area contributed by atoms with Crippen molar-refractivity contribution in [2.75, 3.05) is 14.2 Å². The molecule has 2 amide bonds. The number of hydrogen-bond acceptors (Lipinski definition) is 4. The van der Waals surface area contributed by atoms with Crippen LogP contribution in [-0.2, 0) is 19.3 Å². The standard InChI is InChI=1S/C9H16N2O4/c1-6-9(2,3)11(15-5)8(13)7(12)10(6)14-4/h6H,1-5H3/t6-/m0/s1. The molecule has 1 atom stereocenters. The van der Waals surface area contributed by atoms with Crippen LogP contribution in [0.4, 0.5) is 0 Å². The highest BCUT2D eigenvalue weighted by molar-refractivity contribution is 6.35. The van der Waals surface area contributed by atoms with Gasteiger partial charge in [0, 0.05) is 0 Å². The molecule has 15 heavy (non-hydrogen) atoms. The van der Waals surface area contributed by atoms with E-state index in [9.17, 15) is 9.59 Å². The summed E-state index contributed by atoms with van der Waals surface area (Å²) < 4.78 is 0. The predicted octanol–water partition coefficient (Wildman–Crippen LogP) is -0.0529. The van der Waals surface area contributed by atoms with Gasteiger partial charge in [-0.25, -0.2) is 10.1 Å². The number of rotatable bonds is 2. The van der Waals surface area contributed by atoms with Gasteiger partial charge >= 0.3 is 11.8 Å². The SMILES string of the molecule is CON1C(=O)C(=O)N(OC)C(C)(C)[C@@H]1C. The van der Waals surface area contributed by atoms with Gasteiger partial charge in [-0.05, 0) is 20.8 Å². The van der Waals surface area contributed by atoms with E-state index in [4.69, 9.17) is 9.68 Å². The van der Waals surface area contributed by atoms with Crippen molar-refractivity contribution in [2.45, 2.75) is 32.4 Å². The third kappa shape index (κ3) is 1.59. The first-order valence-electron chi connectivity index (χ1n) is 4.63. The zero-order valence-electron chi connectivity index (χ0n) is 9.60. The van der Waals surface area contributed by atoms with E-state index in [-0.39, 0.29) is 6.04 Å². The maximum Gasteiger partial charge on any atom is 0.338 e. The number of carbonyl (C=O) groups excluding carboxylic acids is 2. The molecular weight excluding hydrogens is 200 g/mol. The smallest absolute Gasteiger partial charge is 0.274 e. The molecule has 1 rings (SSSR count). The number of hydroxylamine groups is 4. The molecule has 1 aliphatic rings. The fourth-order valence-corrected chi connectivity index (χ4v) is 1.63. The molecule has 1 heterocycles. The van der Waals surface area contributed by atoms with E-state index < -0.39 is 17.4 Å². The Morgan fingerprint density at radius 1 is 1.13 bits per heavy atom. The zero-order valence-corrected chi connectivity index (χ0v) is 9.60. The Balaban J connectivity index is 3.10. The number of nitrogens with zero attached hydrogens (tertiary/aromatic N) is 2. The third-order valence-corrected chi connectivity index (χ3v) is 2.84. The van der Waals surface area contributed by atoms with Crippen LogP contribution in [0.2, 0.25) is 0 Å². The number of amides is 2. The Hall–Kier alpha value is -1.14. The van der Waals surface area contributed by atoms with Crippen molar-refractivity contribution >= 4 is 11.8 Å². The van der Waals surface area contributed by atoms with Crippen LogP contribution in [0, 0.1) is 0 Å². The van der Waals surface area contributed by atoms with Crippen molar-refractivity contribution in [3.63, 3.8) is 0 Å². The topological polar surface area (TPSA) is 59.1 Å². The van der Waals surface area contributed by atoms with Crippen molar-refractivity contribution in [1.82, 2.24) is 10.1 Å². The fraction of sp³-hybridized carbons (Fsp3) is 0.778. The number of carbonyl (C=O) groups is 2. The highest BCUT2D eigenvalue weighted by Gasteiger charge is 2.50. The first-order chi connectivity index (χ1) is 6.87. The average Bonchev–Trinajstić information content (AvgIpc) is 2.17. The van der Waals surface area contributed by atoms with Gasteiger partial charge < -0.3 is 0 Å². The fourth-order valence-electron chi connectivity index (χ4n) is 1.63. The molecule has 1 aliphatic heterocycles. The summed E-state index contributed by atoms with van der Waals surface area (Å²) in [5.74, 6) is -1.44. The van der Waals surface area contributed by atoms with Crippen LogP contribution in [-0.4, -0.2) is 47.7 Å². The summed E-state index contributed by atoms with van der Waals surface area (Å²) >= 11 is 0. The van der Waals surface area contributed by atoms with E-state index in [2.05, 4.69) is 0 Å². The molecule has 0 radical (unpaired) electrons. The Morgan fingerprint density at radius 3 is 2.07 bits per heavy atom. The summed E-state index contributed by atoms with van der Waals surface area (Å²) in [5.41, 5.74) is -0.629. The lowest BCUT2D eigenvalue weighted by atomic mass is 9.92. The highest BCUT2D eigenvalue weighted by Crippen LogP contribution is 2.28. The maximum atomic E-state index is 11.6. The molecule has 0 aliphatic carbocycles. The molecule has 1 fully saturated rings. The molecular formula is C9H16N2O4. The quantitative estimate of drug-likeness (QED) is 0.607.